The number of pyridine rings is 1. The van der Waals surface area contributed by atoms with E-state index in [1.54, 1.807) is 25.4 Å². The standard InChI is InChI=1S/C21H25FN2O3/c1-15(25)13-24-20(26)21(6-9-27-10-7-21)12-17-5-4-16(11-19(17)22)18-3-2-8-23-14-18/h2-5,8,11,14-15,25H,6-7,9-10,12-13H2,1H3,(H,24,26). The summed E-state index contributed by atoms with van der Waals surface area (Å²) in [4.78, 5) is 16.9. The van der Waals surface area contributed by atoms with Crippen LogP contribution in [0.5, 0.6) is 0 Å². The Labute approximate surface area is 158 Å². The zero-order chi connectivity index (χ0) is 19.3. The highest BCUT2D eigenvalue weighted by Gasteiger charge is 2.40. The van der Waals surface area contributed by atoms with Gasteiger partial charge < -0.3 is 15.2 Å². The second-order valence-electron chi connectivity index (χ2n) is 7.18. The van der Waals surface area contributed by atoms with E-state index in [-0.39, 0.29) is 18.3 Å². The monoisotopic (exact) mass is 372 g/mol. The topological polar surface area (TPSA) is 71.5 Å². The van der Waals surface area contributed by atoms with Gasteiger partial charge in [-0.3, -0.25) is 9.78 Å². The van der Waals surface area contributed by atoms with Gasteiger partial charge in [-0.05, 0) is 49.4 Å². The van der Waals surface area contributed by atoms with Gasteiger partial charge >= 0.3 is 0 Å². The number of benzene rings is 1. The number of aliphatic hydroxyl groups excluding tert-OH is 1. The molecule has 2 N–H and O–H groups in total. The van der Waals surface area contributed by atoms with Gasteiger partial charge in [0.2, 0.25) is 5.91 Å². The number of nitrogens with one attached hydrogen (secondary N) is 1. The van der Waals surface area contributed by atoms with Crippen molar-refractivity contribution in [2.24, 2.45) is 5.41 Å². The second kappa shape index (κ2) is 8.59. The number of nitrogens with zero attached hydrogens (tertiary/aromatic N) is 1. The predicted molar refractivity (Wildman–Crippen MR) is 101 cm³/mol. The normalized spacial score (nSPS) is 17.3. The second-order valence-corrected chi connectivity index (χ2v) is 7.18. The third-order valence-electron chi connectivity index (χ3n) is 5.07. The molecule has 0 bridgehead atoms. The van der Waals surface area contributed by atoms with Gasteiger partial charge in [0.25, 0.3) is 0 Å². The zero-order valence-corrected chi connectivity index (χ0v) is 15.5. The Morgan fingerprint density at radius 3 is 2.74 bits per heavy atom. The number of carbonyl (C=O) groups is 1. The molecule has 3 rings (SSSR count). The van der Waals surface area contributed by atoms with E-state index in [1.807, 2.05) is 18.2 Å². The summed E-state index contributed by atoms with van der Waals surface area (Å²) in [5.41, 5.74) is 1.39. The molecule has 2 aromatic rings. The lowest BCUT2D eigenvalue weighted by Crippen LogP contribution is -2.47. The van der Waals surface area contributed by atoms with E-state index in [0.717, 1.165) is 11.1 Å². The molecule has 1 aromatic heterocycles. The minimum absolute atomic E-state index is 0.151. The van der Waals surface area contributed by atoms with Gasteiger partial charge in [0, 0.05) is 37.7 Å². The van der Waals surface area contributed by atoms with Gasteiger partial charge in [-0.1, -0.05) is 18.2 Å². The number of hydrogen-bond acceptors (Lipinski definition) is 4. The molecule has 1 unspecified atom stereocenters. The average Bonchev–Trinajstić information content (AvgIpc) is 2.69. The number of carbonyl (C=O) groups excluding carboxylic acids is 1. The summed E-state index contributed by atoms with van der Waals surface area (Å²) in [6, 6.07) is 8.79. The van der Waals surface area contributed by atoms with Gasteiger partial charge in [0.1, 0.15) is 5.82 Å². The fraction of sp³-hybridized carbons (Fsp3) is 0.429. The van der Waals surface area contributed by atoms with Gasteiger partial charge in [-0.2, -0.15) is 0 Å². The lowest BCUT2D eigenvalue weighted by Gasteiger charge is -2.36. The molecule has 1 aromatic carbocycles. The number of hydrogen-bond donors (Lipinski definition) is 2. The first kappa shape index (κ1) is 19.5. The van der Waals surface area contributed by atoms with Crippen molar-refractivity contribution in [3.63, 3.8) is 0 Å². The average molecular weight is 372 g/mol. The summed E-state index contributed by atoms with van der Waals surface area (Å²) < 4.78 is 20.2. The van der Waals surface area contributed by atoms with Crippen molar-refractivity contribution in [1.29, 1.82) is 0 Å². The first-order chi connectivity index (χ1) is 13.0. The number of rotatable bonds is 6. The van der Waals surface area contributed by atoms with Crippen LogP contribution in [-0.2, 0) is 16.0 Å². The maximum Gasteiger partial charge on any atom is 0.226 e. The molecule has 144 valence electrons. The number of amides is 1. The molecule has 1 amide bonds. The number of aliphatic hydroxyl groups is 1. The number of ether oxygens (including phenoxy) is 1. The third-order valence-corrected chi connectivity index (χ3v) is 5.07. The van der Waals surface area contributed by atoms with E-state index >= 15 is 0 Å². The Bertz CT molecular complexity index is 774. The van der Waals surface area contributed by atoms with Gasteiger partial charge in [0.05, 0.1) is 11.5 Å². The minimum Gasteiger partial charge on any atom is -0.392 e. The van der Waals surface area contributed by atoms with Crippen molar-refractivity contribution in [3.8, 4) is 11.1 Å². The molecule has 0 spiro atoms. The Kier molecular flexibility index (Phi) is 6.19. The van der Waals surface area contributed by atoms with Crippen LogP contribution in [0.15, 0.2) is 42.7 Å². The molecule has 6 heteroatoms. The zero-order valence-electron chi connectivity index (χ0n) is 15.5. The molecule has 1 aliphatic rings. The van der Waals surface area contributed by atoms with Crippen LogP contribution in [-0.4, -0.2) is 41.9 Å². The first-order valence-corrected chi connectivity index (χ1v) is 9.23. The van der Waals surface area contributed by atoms with Crippen LogP contribution in [0.4, 0.5) is 4.39 Å². The van der Waals surface area contributed by atoms with E-state index in [9.17, 15) is 14.3 Å². The van der Waals surface area contributed by atoms with Crippen LogP contribution in [0.2, 0.25) is 0 Å². The van der Waals surface area contributed by atoms with E-state index in [0.29, 0.717) is 38.0 Å². The highest BCUT2D eigenvalue weighted by molar-refractivity contribution is 5.83. The highest BCUT2D eigenvalue weighted by atomic mass is 19.1. The van der Waals surface area contributed by atoms with E-state index in [1.165, 1.54) is 6.07 Å². The molecule has 1 atom stereocenters. The van der Waals surface area contributed by atoms with Gasteiger partial charge in [-0.25, -0.2) is 4.39 Å². The Morgan fingerprint density at radius 1 is 1.33 bits per heavy atom. The maximum atomic E-state index is 14.8. The first-order valence-electron chi connectivity index (χ1n) is 9.23. The molecule has 27 heavy (non-hydrogen) atoms. The van der Waals surface area contributed by atoms with Crippen LogP contribution in [0, 0.1) is 11.2 Å². The molecule has 1 saturated heterocycles. The SMILES string of the molecule is CC(O)CNC(=O)C1(Cc2ccc(-c3cccnc3)cc2F)CCOCC1. The largest absolute Gasteiger partial charge is 0.392 e. The summed E-state index contributed by atoms with van der Waals surface area (Å²) in [5, 5.41) is 12.2. The molecule has 0 saturated carbocycles. The summed E-state index contributed by atoms with van der Waals surface area (Å²) in [6.07, 6.45) is 4.11. The summed E-state index contributed by atoms with van der Waals surface area (Å²) in [7, 11) is 0. The van der Waals surface area contributed by atoms with Crippen molar-refractivity contribution in [2.75, 3.05) is 19.8 Å². The van der Waals surface area contributed by atoms with Crippen molar-refractivity contribution in [3.05, 3.63) is 54.1 Å². The molecule has 2 heterocycles. The van der Waals surface area contributed by atoms with Crippen molar-refractivity contribution < 1.29 is 19.0 Å². The molecule has 0 aliphatic carbocycles. The Balaban J connectivity index is 1.82. The molecular weight excluding hydrogens is 347 g/mol. The van der Waals surface area contributed by atoms with Crippen molar-refractivity contribution in [2.45, 2.75) is 32.3 Å². The van der Waals surface area contributed by atoms with Crippen LogP contribution >= 0.6 is 0 Å². The highest BCUT2D eigenvalue weighted by Crippen LogP contribution is 2.36. The fourth-order valence-electron chi connectivity index (χ4n) is 3.44. The summed E-state index contributed by atoms with van der Waals surface area (Å²) in [5.74, 6) is -0.479. The predicted octanol–water partition coefficient (Wildman–Crippen LogP) is 2.72. The summed E-state index contributed by atoms with van der Waals surface area (Å²) in [6.45, 7) is 2.74. The summed E-state index contributed by atoms with van der Waals surface area (Å²) >= 11 is 0. The van der Waals surface area contributed by atoms with E-state index < -0.39 is 11.5 Å². The smallest absolute Gasteiger partial charge is 0.226 e. The van der Waals surface area contributed by atoms with E-state index in [4.69, 9.17) is 4.74 Å². The molecule has 1 fully saturated rings. The fourth-order valence-corrected chi connectivity index (χ4v) is 3.44. The van der Waals surface area contributed by atoms with Crippen LogP contribution < -0.4 is 5.32 Å². The molecule has 5 nitrogen and oxygen atoms in total. The van der Waals surface area contributed by atoms with Crippen molar-refractivity contribution >= 4 is 5.91 Å². The Morgan fingerprint density at radius 2 is 2.11 bits per heavy atom. The van der Waals surface area contributed by atoms with E-state index in [2.05, 4.69) is 10.3 Å². The van der Waals surface area contributed by atoms with Gasteiger partial charge in [0.15, 0.2) is 0 Å². The third kappa shape index (κ3) is 4.70. The molecule has 1 aliphatic heterocycles. The van der Waals surface area contributed by atoms with Crippen LogP contribution in [0.3, 0.4) is 0 Å². The van der Waals surface area contributed by atoms with Gasteiger partial charge in [-0.15, -0.1) is 0 Å². The lowest BCUT2D eigenvalue weighted by atomic mass is 9.74. The maximum absolute atomic E-state index is 14.8. The minimum atomic E-state index is -0.718. The molecular formula is C21H25FN2O3. The van der Waals surface area contributed by atoms with Crippen LogP contribution in [0.1, 0.15) is 25.3 Å². The Hall–Kier alpha value is -2.31. The number of aromatic nitrogens is 1. The van der Waals surface area contributed by atoms with Crippen molar-refractivity contribution in [1.82, 2.24) is 10.3 Å². The molecule has 0 radical (unpaired) electrons. The quantitative estimate of drug-likeness (QED) is 0.818. The number of halogens is 1. The lowest BCUT2D eigenvalue weighted by molar-refractivity contribution is -0.137. The van der Waals surface area contributed by atoms with Crippen LogP contribution in [0.25, 0.3) is 11.1 Å².